The highest BCUT2D eigenvalue weighted by Crippen LogP contribution is 2.44. The highest BCUT2D eigenvalue weighted by atomic mass is 16.4. The molecule has 1 atom stereocenters. The summed E-state index contributed by atoms with van der Waals surface area (Å²) in [6.45, 7) is 12.4. The number of fused-ring (bicyclic) bond motifs is 2. The van der Waals surface area contributed by atoms with Gasteiger partial charge in [0, 0.05) is 29.7 Å². The Balaban J connectivity index is 2.25. The molecule has 3 rings (SSSR count). The van der Waals surface area contributed by atoms with Crippen LogP contribution in [0.4, 0.5) is 5.69 Å². The largest absolute Gasteiger partial charge is 0.422 e. The second-order valence-electron chi connectivity index (χ2n) is 7.73. The van der Waals surface area contributed by atoms with Crippen LogP contribution >= 0.6 is 0 Å². The fourth-order valence-electron chi connectivity index (χ4n) is 3.92. The van der Waals surface area contributed by atoms with Gasteiger partial charge in [-0.3, -0.25) is 0 Å². The molecular formula is C23H27NO2. The van der Waals surface area contributed by atoms with Gasteiger partial charge in [0.15, 0.2) is 0 Å². The van der Waals surface area contributed by atoms with E-state index in [1.54, 1.807) is 6.08 Å². The van der Waals surface area contributed by atoms with Gasteiger partial charge in [-0.2, -0.15) is 0 Å². The predicted molar refractivity (Wildman–Crippen MR) is 111 cm³/mol. The minimum atomic E-state index is -0.325. The highest BCUT2D eigenvalue weighted by molar-refractivity contribution is 5.87. The SMILES string of the molecule is C=C/C=C(\C=C/C)c1cc2cc3c(cc2oc1=O)N(C)C(C)(C)CC3C. The molecule has 0 bridgehead atoms. The van der Waals surface area contributed by atoms with E-state index >= 15 is 0 Å². The average Bonchev–Trinajstić information content (AvgIpc) is 2.58. The minimum absolute atomic E-state index is 0.0755. The van der Waals surface area contributed by atoms with E-state index in [1.807, 2.05) is 37.3 Å². The van der Waals surface area contributed by atoms with Crippen LogP contribution in [-0.4, -0.2) is 12.6 Å². The van der Waals surface area contributed by atoms with Gasteiger partial charge in [0.25, 0.3) is 0 Å². The van der Waals surface area contributed by atoms with Crippen LogP contribution in [0.15, 0.2) is 58.3 Å². The van der Waals surface area contributed by atoms with Crippen molar-refractivity contribution in [3.05, 3.63) is 70.6 Å². The van der Waals surface area contributed by atoms with E-state index in [0.717, 1.165) is 23.1 Å². The first kappa shape index (κ1) is 18.2. The second-order valence-corrected chi connectivity index (χ2v) is 7.73. The maximum Gasteiger partial charge on any atom is 0.344 e. The van der Waals surface area contributed by atoms with Crippen molar-refractivity contribution in [1.82, 2.24) is 0 Å². The zero-order valence-corrected chi connectivity index (χ0v) is 16.3. The van der Waals surface area contributed by atoms with Gasteiger partial charge >= 0.3 is 5.63 Å². The summed E-state index contributed by atoms with van der Waals surface area (Å²) in [6.07, 6.45) is 8.41. The van der Waals surface area contributed by atoms with E-state index in [2.05, 4.69) is 45.4 Å². The van der Waals surface area contributed by atoms with Crippen molar-refractivity contribution >= 4 is 22.2 Å². The zero-order valence-electron chi connectivity index (χ0n) is 16.3. The summed E-state index contributed by atoms with van der Waals surface area (Å²) in [5.74, 6) is 0.453. The van der Waals surface area contributed by atoms with Gasteiger partial charge in [-0.15, -0.1) is 0 Å². The molecule has 1 aliphatic heterocycles. The Kier molecular flexibility index (Phi) is 4.66. The number of allylic oxidation sites excluding steroid dienone is 5. The van der Waals surface area contributed by atoms with E-state index in [-0.39, 0.29) is 11.2 Å². The zero-order chi connectivity index (χ0) is 19.1. The first-order valence-electron chi connectivity index (χ1n) is 9.10. The summed E-state index contributed by atoms with van der Waals surface area (Å²) in [5.41, 5.74) is 4.20. The summed E-state index contributed by atoms with van der Waals surface area (Å²) in [5, 5.41) is 0.956. The number of anilines is 1. The van der Waals surface area contributed by atoms with Crippen molar-refractivity contribution in [3.63, 3.8) is 0 Å². The summed E-state index contributed by atoms with van der Waals surface area (Å²) < 4.78 is 5.69. The summed E-state index contributed by atoms with van der Waals surface area (Å²) in [7, 11) is 2.11. The molecule has 0 amide bonds. The minimum Gasteiger partial charge on any atom is -0.422 e. The average molecular weight is 349 g/mol. The van der Waals surface area contributed by atoms with Crippen molar-refractivity contribution in [2.24, 2.45) is 0 Å². The first-order valence-corrected chi connectivity index (χ1v) is 9.10. The van der Waals surface area contributed by atoms with Gasteiger partial charge in [-0.1, -0.05) is 37.8 Å². The lowest BCUT2D eigenvalue weighted by Gasteiger charge is -2.45. The molecule has 0 spiro atoms. The normalized spacial score (nSPS) is 19.8. The van der Waals surface area contributed by atoms with E-state index in [9.17, 15) is 4.79 Å². The van der Waals surface area contributed by atoms with Crippen LogP contribution < -0.4 is 10.5 Å². The van der Waals surface area contributed by atoms with E-state index in [4.69, 9.17) is 4.42 Å². The summed E-state index contributed by atoms with van der Waals surface area (Å²) in [6, 6.07) is 6.12. The standard InChI is InChI=1S/C23H27NO2/c1-7-9-16(10-8-2)19-12-17-11-18-15(3)14-23(4,5)24(6)20(18)13-21(17)26-22(19)25/h7-13,15H,1,14H2,2-6H3/b10-8-,16-9+. The second kappa shape index (κ2) is 6.64. The van der Waals surface area contributed by atoms with Crippen LogP contribution in [0.25, 0.3) is 16.5 Å². The molecule has 26 heavy (non-hydrogen) atoms. The van der Waals surface area contributed by atoms with Gasteiger partial charge in [0.1, 0.15) is 5.58 Å². The molecule has 0 saturated heterocycles. The molecule has 0 fully saturated rings. The predicted octanol–water partition coefficient (Wildman–Crippen LogP) is 5.66. The van der Waals surface area contributed by atoms with E-state index in [0.29, 0.717) is 17.1 Å². The van der Waals surface area contributed by atoms with Crippen molar-refractivity contribution in [1.29, 1.82) is 0 Å². The fraction of sp³-hybridized carbons (Fsp3) is 0.348. The third-order valence-electron chi connectivity index (χ3n) is 5.44. The molecule has 3 heteroatoms. The highest BCUT2D eigenvalue weighted by Gasteiger charge is 2.34. The van der Waals surface area contributed by atoms with Crippen molar-refractivity contribution in [3.8, 4) is 0 Å². The number of hydrogen-bond donors (Lipinski definition) is 0. The van der Waals surface area contributed by atoms with Crippen LogP contribution in [0.2, 0.25) is 0 Å². The Morgan fingerprint density at radius 2 is 2.08 bits per heavy atom. The number of nitrogens with zero attached hydrogens (tertiary/aromatic N) is 1. The molecule has 0 radical (unpaired) electrons. The Hall–Kier alpha value is -2.55. The van der Waals surface area contributed by atoms with E-state index < -0.39 is 0 Å². The van der Waals surface area contributed by atoms with Gasteiger partial charge in [-0.25, -0.2) is 4.79 Å². The topological polar surface area (TPSA) is 33.5 Å². The Morgan fingerprint density at radius 1 is 1.35 bits per heavy atom. The van der Waals surface area contributed by atoms with Crippen molar-refractivity contribution < 1.29 is 4.42 Å². The summed E-state index contributed by atoms with van der Waals surface area (Å²) in [4.78, 5) is 14.9. The molecule has 1 aromatic heterocycles. The van der Waals surface area contributed by atoms with Crippen LogP contribution in [0.5, 0.6) is 0 Å². The van der Waals surface area contributed by atoms with Crippen molar-refractivity contribution in [2.75, 3.05) is 11.9 Å². The van der Waals surface area contributed by atoms with Crippen LogP contribution in [0.3, 0.4) is 0 Å². The number of hydrogen-bond acceptors (Lipinski definition) is 3. The molecule has 0 saturated carbocycles. The lowest BCUT2D eigenvalue weighted by molar-refractivity contribution is 0.395. The van der Waals surface area contributed by atoms with Gasteiger partial charge in [-0.05, 0) is 56.4 Å². The number of benzene rings is 1. The first-order chi connectivity index (χ1) is 12.3. The van der Waals surface area contributed by atoms with Crippen LogP contribution in [0, 0.1) is 0 Å². The van der Waals surface area contributed by atoms with Gasteiger partial charge in [0.2, 0.25) is 0 Å². The molecule has 0 aliphatic carbocycles. The maximum atomic E-state index is 12.6. The molecule has 1 unspecified atom stereocenters. The molecule has 1 aromatic carbocycles. The Bertz CT molecular complexity index is 976. The van der Waals surface area contributed by atoms with Crippen molar-refractivity contribution in [2.45, 2.75) is 45.6 Å². The molecule has 1 aliphatic rings. The molecule has 0 N–H and O–H groups in total. The third-order valence-corrected chi connectivity index (χ3v) is 5.44. The smallest absolute Gasteiger partial charge is 0.344 e. The third kappa shape index (κ3) is 3.03. The lowest BCUT2D eigenvalue weighted by Crippen LogP contribution is -2.45. The molecule has 3 nitrogen and oxygen atoms in total. The van der Waals surface area contributed by atoms with E-state index in [1.165, 1.54) is 5.56 Å². The van der Waals surface area contributed by atoms with Gasteiger partial charge < -0.3 is 9.32 Å². The van der Waals surface area contributed by atoms with Gasteiger partial charge in [0.05, 0.1) is 5.56 Å². The fourth-order valence-corrected chi connectivity index (χ4v) is 3.92. The summed E-state index contributed by atoms with van der Waals surface area (Å²) >= 11 is 0. The monoisotopic (exact) mass is 349 g/mol. The Morgan fingerprint density at radius 3 is 2.73 bits per heavy atom. The molecule has 2 aromatic rings. The van der Waals surface area contributed by atoms with Crippen LogP contribution in [0.1, 0.15) is 51.2 Å². The maximum absolute atomic E-state index is 12.6. The number of rotatable bonds is 3. The quantitative estimate of drug-likeness (QED) is 0.529. The molecule has 2 heterocycles. The Labute approximate surface area is 155 Å². The molecule has 136 valence electrons. The molecular weight excluding hydrogens is 322 g/mol. The van der Waals surface area contributed by atoms with Crippen LogP contribution in [-0.2, 0) is 0 Å². The lowest BCUT2D eigenvalue weighted by atomic mass is 9.80.